The Morgan fingerprint density at radius 2 is 2.39 bits per heavy atom. The predicted octanol–water partition coefficient (Wildman–Crippen LogP) is 1.94. The van der Waals surface area contributed by atoms with Crippen LogP contribution in [0.25, 0.3) is 6.08 Å². The van der Waals surface area contributed by atoms with E-state index in [0.717, 1.165) is 11.3 Å². The number of nitrogens with two attached hydrogens (primary N) is 1. The fourth-order valence-electron chi connectivity index (χ4n) is 1.48. The van der Waals surface area contributed by atoms with Gasteiger partial charge in [-0.15, -0.1) is 0 Å². The number of nitrogens with one attached hydrogen (secondary N) is 1. The van der Waals surface area contributed by atoms with E-state index in [1.807, 2.05) is 32.1 Å². The number of carbonyl (C=O) groups is 1. The van der Waals surface area contributed by atoms with Crippen LogP contribution in [0.4, 0.5) is 4.79 Å². The second kappa shape index (κ2) is 7.32. The molecule has 1 aromatic rings. The normalized spacial score (nSPS) is 12.3. The highest BCUT2D eigenvalue weighted by molar-refractivity contribution is 5.71. The molecule has 0 spiro atoms. The smallest absolute Gasteiger partial charge is 0.312 e. The molecule has 3 N–H and O–H groups in total. The van der Waals surface area contributed by atoms with Crippen LogP contribution < -0.4 is 15.8 Å². The molecule has 0 fully saturated rings. The van der Waals surface area contributed by atoms with E-state index < -0.39 is 6.03 Å². The van der Waals surface area contributed by atoms with Crippen molar-refractivity contribution in [3.8, 4) is 5.75 Å². The van der Waals surface area contributed by atoms with Gasteiger partial charge in [0.1, 0.15) is 5.75 Å². The van der Waals surface area contributed by atoms with E-state index in [9.17, 15) is 4.79 Å². The number of urea groups is 1. The Balaban J connectivity index is 2.50. The van der Waals surface area contributed by atoms with Crippen molar-refractivity contribution in [3.05, 3.63) is 30.1 Å². The lowest BCUT2D eigenvalue weighted by Crippen LogP contribution is -2.36. The van der Waals surface area contributed by atoms with Crippen molar-refractivity contribution in [3.63, 3.8) is 0 Å². The molecule has 18 heavy (non-hydrogen) atoms. The van der Waals surface area contributed by atoms with E-state index in [2.05, 4.69) is 10.3 Å². The van der Waals surface area contributed by atoms with Gasteiger partial charge in [0.05, 0.1) is 12.8 Å². The summed E-state index contributed by atoms with van der Waals surface area (Å²) in [5, 5.41) is 2.61. The molecule has 0 aliphatic rings. The summed E-state index contributed by atoms with van der Waals surface area (Å²) >= 11 is 0. The first-order chi connectivity index (χ1) is 8.61. The van der Waals surface area contributed by atoms with Crippen LogP contribution in [0.1, 0.15) is 25.8 Å². The van der Waals surface area contributed by atoms with Crippen molar-refractivity contribution in [2.45, 2.75) is 26.3 Å². The summed E-state index contributed by atoms with van der Waals surface area (Å²) in [5.74, 6) is 0.753. The molecule has 0 bridgehead atoms. The largest absolute Gasteiger partial charge is 0.492 e. The van der Waals surface area contributed by atoms with E-state index in [1.54, 1.807) is 12.4 Å². The molecule has 1 unspecified atom stereocenters. The Bertz CT molecular complexity index is 418. The lowest BCUT2D eigenvalue weighted by molar-refractivity contribution is 0.246. The number of amides is 2. The van der Waals surface area contributed by atoms with Crippen LogP contribution in [0.2, 0.25) is 0 Å². The van der Waals surface area contributed by atoms with Crippen LogP contribution >= 0.6 is 0 Å². The molecule has 0 radical (unpaired) electrons. The highest BCUT2D eigenvalue weighted by Gasteiger charge is 2.00. The molecule has 1 aromatic heterocycles. The SMILES string of the molecule is CCOc1cncc(/C=C/CC(C)NC(N)=O)c1. The zero-order chi connectivity index (χ0) is 13.4. The molecular weight excluding hydrogens is 230 g/mol. The molecule has 1 atom stereocenters. The summed E-state index contributed by atoms with van der Waals surface area (Å²) in [6.07, 6.45) is 8.05. The first-order valence-electron chi connectivity index (χ1n) is 5.92. The minimum Gasteiger partial charge on any atom is -0.492 e. The molecular formula is C13H19N3O2. The number of hydrogen-bond donors (Lipinski definition) is 2. The van der Waals surface area contributed by atoms with Gasteiger partial charge in [-0.25, -0.2) is 4.79 Å². The maximum Gasteiger partial charge on any atom is 0.312 e. The maximum absolute atomic E-state index is 10.6. The monoisotopic (exact) mass is 249 g/mol. The zero-order valence-corrected chi connectivity index (χ0v) is 10.7. The van der Waals surface area contributed by atoms with Gasteiger partial charge in [0, 0.05) is 12.2 Å². The number of hydrogen-bond acceptors (Lipinski definition) is 3. The molecule has 0 saturated carbocycles. The van der Waals surface area contributed by atoms with Crippen molar-refractivity contribution >= 4 is 12.1 Å². The van der Waals surface area contributed by atoms with E-state index in [-0.39, 0.29) is 6.04 Å². The quantitative estimate of drug-likeness (QED) is 0.808. The molecule has 5 nitrogen and oxygen atoms in total. The van der Waals surface area contributed by atoms with Gasteiger partial charge in [0.2, 0.25) is 0 Å². The van der Waals surface area contributed by atoms with Crippen molar-refractivity contribution in [2.24, 2.45) is 5.73 Å². The number of nitrogens with zero attached hydrogens (tertiary/aromatic N) is 1. The summed E-state index contributed by atoms with van der Waals surface area (Å²) in [6.45, 7) is 4.44. The van der Waals surface area contributed by atoms with Gasteiger partial charge < -0.3 is 15.8 Å². The number of pyridine rings is 1. The lowest BCUT2D eigenvalue weighted by Gasteiger charge is -2.08. The fourth-order valence-corrected chi connectivity index (χ4v) is 1.48. The third-order valence-electron chi connectivity index (χ3n) is 2.23. The van der Waals surface area contributed by atoms with Crippen LogP contribution in [0.15, 0.2) is 24.5 Å². The van der Waals surface area contributed by atoms with E-state index in [0.29, 0.717) is 13.0 Å². The minimum atomic E-state index is -0.504. The second-order valence-corrected chi connectivity index (χ2v) is 3.93. The number of rotatable bonds is 6. The standard InChI is InChI=1S/C13H19N3O2/c1-3-18-12-7-11(8-15-9-12)6-4-5-10(2)16-13(14)17/h4,6-10H,3,5H2,1-2H3,(H3,14,16,17)/b6-4+. The van der Waals surface area contributed by atoms with E-state index >= 15 is 0 Å². The maximum atomic E-state index is 10.6. The summed E-state index contributed by atoms with van der Waals surface area (Å²) in [6, 6.07) is 1.43. The molecule has 0 aliphatic carbocycles. The van der Waals surface area contributed by atoms with Crippen molar-refractivity contribution in [1.29, 1.82) is 0 Å². The van der Waals surface area contributed by atoms with Crippen molar-refractivity contribution in [2.75, 3.05) is 6.61 Å². The lowest BCUT2D eigenvalue weighted by atomic mass is 10.2. The summed E-state index contributed by atoms with van der Waals surface area (Å²) < 4.78 is 5.36. The Labute approximate surface area is 107 Å². The molecule has 1 rings (SSSR count). The predicted molar refractivity (Wildman–Crippen MR) is 71.2 cm³/mol. The highest BCUT2D eigenvalue weighted by atomic mass is 16.5. The highest BCUT2D eigenvalue weighted by Crippen LogP contribution is 2.12. The average Bonchev–Trinajstić information content (AvgIpc) is 2.29. The number of aromatic nitrogens is 1. The third-order valence-corrected chi connectivity index (χ3v) is 2.23. The van der Waals surface area contributed by atoms with E-state index in [4.69, 9.17) is 10.5 Å². The van der Waals surface area contributed by atoms with Gasteiger partial charge in [-0.2, -0.15) is 0 Å². The molecule has 0 aliphatic heterocycles. The minimum absolute atomic E-state index is 0.0155. The van der Waals surface area contributed by atoms with Crippen LogP contribution in [0.3, 0.4) is 0 Å². The zero-order valence-electron chi connectivity index (χ0n) is 10.7. The van der Waals surface area contributed by atoms with Gasteiger partial charge in [-0.1, -0.05) is 12.2 Å². The van der Waals surface area contributed by atoms with Crippen LogP contribution in [-0.4, -0.2) is 23.7 Å². The van der Waals surface area contributed by atoms with Crippen LogP contribution in [-0.2, 0) is 0 Å². The molecule has 1 heterocycles. The van der Waals surface area contributed by atoms with Gasteiger partial charge in [0.25, 0.3) is 0 Å². The van der Waals surface area contributed by atoms with Gasteiger partial charge in [-0.3, -0.25) is 4.98 Å². The Morgan fingerprint density at radius 1 is 1.61 bits per heavy atom. The Hall–Kier alpha value is -2.04. The second-order valence-electron chi connectivity index (χ2n) is 3.93. The van der Waals surface area contributed by atoms with Gasteiger partial charge in [0.15, 0.2) is 0 Å². The van der Waals surface area contributed by atoms with Crippen LogP contribution in [0, 0.1) is 0 Å². The Kier molecular flexibility index (Phi) is 5.70. The van der Waals surface area contributed by atoms with Crippen LogP contribution in [0.5, 0.6) is 5.75 Å². The first-order valence-corrected chi connectivity index (χ1v) is 5.92. The molecule has 0 saturated heterocycles. The molecule has 5 heteroatoms. The van der Waals surface area contributed by atoms with Crippen molar-refractivity contribution < 1.29 is 9.53 Å². The number of ether oxygens (including phenoxy) is 1. The summed E-state index contributed by atoms with van der Waals surface area (Å²) in [5.41, 5.74) is 5.99. The third kappa shape index (κ3) is 5.34. The fraction of sp³-hybridized carbons (Fsp3) is 0.385. The van der Waals surface area contributed by atoms with Gasteiger partial charge in [-0.05, 0) is 31.9 Å². The summed E-state index contributed by atoms with van der Waals surface area (Å²) in [4.78, 5) is 14.7. The molecule has 98 valence electrons. The first kappa shape index (κ1) is 14.0. The van der Waals surface area contributed by atoms with Crippen molar-refractivity contribution in [1.82, 2.24) is 10.3 Å². The van der Waals surface area contributed by atoms with Gasteiger partial charge >= 0.3 is 6.03 Å². The Morgan fingerprint density at radius 3 is 3.06 bits per heavy atom. The molecule has 0 aromatic carbocycles. The topological polar surface area (TPSA) is 77.2 Å². The van der Waals surface area contributed by atoms with E-state index in [1.165, 1.54) is 0 Å². The number of carbonyl (C=O) groups excluding carboxylic acids is 1. The molecule has 2 amide bonds. The number of primary amides is 1. The summed E-state index contributed by atoms with van der Waals surface area (Å²) in [7, 11) is 0. The average molecular weight is 249 g/mol.